The van der Waals surface area contributed by atoms with Crippen LogP contribution in [0.2, 0.25) is 0 Å². The molecule has 0 fully saturated rings. The third-order valence-corrected chi connectivity index (χ3v) is 21.4. The Morgan fingerprint density at radius 1 is 0.667 bits per heavy atom. The van der Waals surface area contributed by atoms with Crippen LogP contribution in [0, 0.1) is 0 Å². The molecule has 0 spiro atoms. The van der Waals surface area contributed by atoms with Crippen molar-refractivity contribution in [1.82, 2.24) is 4.57 Å². The van der Waals surface area contributed by atoms with Crippen molar-refractivity contribution in [2.75, 3.05) is 4.90 Å². The number of halogens is 1. The monoisotopic (exact) mass is 796 g/mol. The van der Waals surface area contributed by atoms with Crippen LogP contribution in [-0.2, 0) is 10.8 Å². The molecule has 1 aliphatic rings. The quantitative estimate of drug-likeness (QED) is 0.127. The van der Waals surface area contributed by atoms with Crippen LogP contribution in [0.4, 0.5) is 17.1 Å². The third-order valence-electron chi connectivity index (χ3n) is 8.87. The Morgan fingerprint density at radius 2 is 1.27 bits per heavy atom. The second-order valence-electron chi connectivity index (χ2n) is 13.7. The summed E-state index contributed by atoms with van der Waals surface area (Å²) in [4.78, 5) is 3.68. The summed E-state index contributed by atoms with van der Waals surface area (Å²) in [6.45, 7) is 23.8. The van der Waals surface area contributed by atoms with Crippen LogP contribution >= 0.6 is 49.9 Å². The molecule has 45 heavy (non-hydrogen) atoms. The zero-order valence-electron chi connectivity index (χ0n) is 26.4. The Morgan fingerprint density at radius 3 is 1.91 bits per heavy atom. The molecule has 5 aromatic carbocycles. The van der Waals surface area contributed by atoms with E-state index in [4.69, 9.17) is 0 Å². The van der Waals surface area contributed by atoms with Gasteiger partial charge in [-0.3, -0.25) is 0 Å². The molecule has 0 saturated heterocycles. The molecule has 232 valence electrons. The molecule has 4 unspecified atom stereocenters. The number of aromatic nitrogens is 1. The van der Waals surface area contributed by atoms with Gasteiger partial charge in [0.2, 0.25) is 0 Å². The van der Waals surface area contributed by atoms with Crippen molar-refractivity contribution >= 4 is 88.8 Å². The van der Waals surface area contributed by atoms with Gasteiger partial charge in [0.25, 0.3) is 0 Å². The molecule has 0 radical (unpaired) electrons. The minimum atomic E-state index is -2.72. The molecule has 0 saturated carbocycles. The summed E-state index contributed by atoms with van der Waals surface area (Å²) in [5, 5.41) is 2.58. The van der Waals surface area contributed by atoms with Crippen molar-refractivity contribution in [2.24, 2.45) is 0 Å². The molecule has 4 atom stereocenters. The number of para-hydroxylation sites is 2. The van der Waals surface area contributed by atoms with Gasteiger partial charge in [0.1, 0.15) is 0 Å². The van der Waals surface area contributed by atoms with E-state index >= 15 is 0 Å². The van der Waals surface area contributed by atoms with E-state index in [1.54, 1.807) is 0 Å². The van der Waals surface area contributed by atoms with Crippen molar-refractivity contribution in [1.29, 1.82) is 0 Å². The summed E-state index contributed by atoms with van der Waals surface area (Å²) >= 11 is -2.72. The first-order chi connectivity index (χ1) is 21.1. The van der Waals surface area contributed by atoms with Crippen LogP contribution in [0.3, 0.4) is 0 Å². The Balaban J connectivity index is 1.43. The number of rotatable bonds is 5. The van der Waals surface area contributed by atoms with E-state index in [9.17, 15) is 0 Å². The normalized spacial score (nSPS) is 15.1. The molecule has 1 aromatic heterocycles. The van der Waals surface area contributed by atoms with Gasteiger partial charge in [-0.1, -0.05) is 38.1 Å². The van der Waals surface area contributed by atoms with Gasteiger partial charge in [-0.2, -0.15) is 0 Å². The Hall–Kier alpha value is -1.50. The van der Waals surface area contributed by atoms with Gasteiger partial charge < -0.3 is 0 Å². The number of hydrogen-bond acceptors (Lipinski definition) is 2. The van der Waals surface area contributed by atoms with Gasteiger partial charge in [-0.05, 0) is 11.6 Å². The molecule has 0 N–H and O–H groups in total. The van der Waals surface area contributed by atoms with Gasteiger partial charge in [-0.15, -0.1) is 0 Å². The predicted octanol–water partition coefficient (Wildman–Crippen LogP) is 12.9. The maximum atomic E-state index is 3.07. The first kappa shape index (κ1) is 32.1. The van der Waals surface area contributed by atoms with E-state index in [0.29, 0.717) is 0 Å². The standard InChI is InChI=1S/C37H41IN2P4S/c1-36(2,3)24-13-15-25(16-14-24)39(26-17-20-28(21-18-26)45-38(41,42,43)44)27-19-22-33-30(23-27)29-9-8-11-32-35(29)40(33)34-12-7-6-10-31(34)37(32,4)5/h6-23H,41-44H2,1-5H3. The van der Waals surface area contributed by atoms with Gasteiger partial charge in [0.05, 0.1) is 0 Å². The van der Waals surface area contributed by atoms with E-state index < -0.39 is 13.5 Å². The molecule has 1 aliphatic heterocycles. The van der Waals surface area contributed by atoms with Crippen molar-refractivity contribution in [3.8, 4) is 5.69 Å². The number of benzene rings is 5. The van der Waals surface area contributed by atoms with Crippen LogP contribution in [0.15, 0.2) is 114 Å². The number of fused-ring (bicyclic) bond motifs is 5. The fraction of sp³-hybridized carbons (Fsp3) is 0.189. The Bertz CT molecular complexity index is 2090. The van der Waals surface area contributed by atoms with E-state index in [2.05, 4.69) is 181 Å². The molecule has 0 aliphatic carbocycles. The Labute approximate surface area is 278 Å². The second-order valence-corrected chi connectivity index (χ2v) is 81.7. The van der Waals surface area contributed by atoms with E-state index in [1.165, 1.54) is 49.1 Å². The van der Waals surface area contributed by atoms with E-state index in [-0.39, 0.29) is 10.8 Å². The fourth-order valence-corrected chi connectivity index (χ4v) is 20.0. The van der Waals surface area contributed by atoms with Crippen LogP contribution in [0.1, 0.15) is 51.3 Å². The van der Waals surface area contributed by atoms with Crippen LogP contribution in [-0.4, -0.2) is 4.57 Å². The van der Waals surface area contributed by atoms with Crippen LogP contribution < -0.4 is 4.90 Å². The van der Waals surface area contributed by atoms with E-state index in [0.717, 1.165) is 17.1 Å². The summed E-state index contributed by atoms with van der Waals surface area (Å²) in [5.74, 6) is 0. The third kappa shape index (κ3) is 5.92. The number of hydrogen-bond donors (Lipinski definition) is 0. The molecule has 8 heteroatoms. The van der Waals surface area contributed by atoms with Crippen LogP contribution in [0.5, 0.6) is 0 Å². The molecule has 2 heterocycles. The van der Waals surface area contributed by atoms with Gasteiger partial charge >= 0.3 is 225 Å². The summed E-state index contributed by atoms with van der Waals surface area (Å²) in [6, 6.07) is 40.9. The molecular weight excluding hydrogens is 755 g/mol. The average Bonchev–Trinajstić information content (AvgIpc) is 3.30. The summed E-state index contributed by atoms with van der Waals surface area (Å²) in [7, 11) is 1.95. The average molecular weight is 797 g/mol. The van der Waals surface area contributed by atoms with E-state index in [1.807, 2.05) is 8.93 Å². The summed E-state index contributed by atoms with van der Waals surface area (Å²) in [6.07, 6.45) is 0. The number of anilines is 3. The zero-order chi connectivity index (χ0) is 32.0. The SMILES string of the molecule is CC(C)(C)c1ccc(N(c2ccc(SI(P)(P)(P)P)cc2)c2ccc3c(c2)c2cccc4c2n3-c2ccccc2C4(C)C)cc1. The van der Waals surface area contributed by atoms with Crippen molar-refractivity contribution in [3.05, 3.63) is 126 Å². The topological polar surface area (TPSA) is 8.17 Å². The molecule has 0 bridgehead atoms. The van der Waals surface area contributed by atoms with Crippen molar-refractivity contribution in [3.63, 3.8) is 0 Å². The molecular formula is C37H41IN2P4S. The molecule has 6 aromatic rings. The summed E-state index contributed by atoms with van der Waals surface area (Å²) in [5.41, 5.74) is 11.4. The summed E-state index contributed by atoms with van der Waals surface area (Å²) < 4.78 is 2.49. The number of nitrogens with zero attached hydrogens (tertiary/aromatic N) is 2. The first-order valence-corrected chi connectivity index (χ1v) is 35.1. The van der Waals surface area contributed by atoms with Gasteiger partial charge in [-0.25, -0.2) is 0 Å². The molecule has 7 rings (SSSR count). The van der Waals surface area contributed by atoms with Gasteiger partial charge in [0, 0.05) is 5.41 Å². The van der Waals surface area contributed by atoms with Gasteiger partial charge in [0.15, 0.2) is 0 Å². The Kier molecular flexibility index (Phi) is 7.85. The predicted molar refractivity (Wildman–Crippen MR) is 225 cm³/mol. The minimum absolute atomic E-state index is 0.0775. The molecule has 0 amide bonds. The van der Waals surface area contributed by atoms with Crippen LogP contribution in [0.25, 0.3) is 27.5 Å². The van der Waals surface area contributed by atoms with Crippen molar-refractivity contribution in [2.45, 2.75) is 50.3 Å². The zero-order valence-corrected chi connectivity index (χ0v) is 34.0. The second kappa shape index (κ2) is 11.0. The molecule has 2 nitrogen and oxygen atoms in total. The maximum absolute atomic E-state index is 3.07. The van der Waals surface area contributed by atoms with Crippen molar-refractivity contribution < 1.29 is 0 Å². The first-order valence-electron chi connectivity index (χ1n) is 15.0. The fourth-order valence-electron chi connectivity index (χ4n) is 6.70.